The van der Waals surface area contributed by atoms with Crippen molar-refractivity contribution in [3.8, 4) is 0 Å². The molecule has 2 rings (SSSR count). The number of aliphatic hydroxyl groups is 1. The van der Waals surface area contributed by atoms with E-state index >= 15 is 0 Å². The minimum absolute atomic E-state index is 0.0230. The quantitative estimate of drug-likeness (QED) is 0.622. The van der Waals surface area contributed by atoms with Crippen molar-refractivity contribution in [3.63, 3.8) is 0 Å². The Morgan fingerprint density at radius 1 is 1.28 bits per heavy atom. The van der Waals surface area contributed by atoms with Crippen LogP contribution >= 0.6 is 0 Å². The largest absolute Gasteiger partial charge is 0.385 e. The summed E-state index contributed by atoms with van der Waals surface area (Å²) in [5.41, 5.74) is 0.604. The second kappa shape index (κ2) is 7.44. The lowest BCUT2D eigenvalue weighted by atomic mass is 9.92. The smallest absolute Gasteiger partial charge is 0.272 e. The van der Waals surface area contributed by atoms with Gasteiger partial charge in [0, 0.05) is 11.6 Å². The van der Waals surface area contributed by atoms with Gasteiger partial charge in [0.05, 0.1) is 23.0 Å². The van der Waals surface area contributed by atoms with Crippen LogP contribution < -0.4 is 5.32 Å². The van der Waals surface area contributed by atoms with Gasteiger partial charge in [-0.15, -0.1) is 0 Å². The Labute approximate surface area is 146 Å². The zero-order valence-corrected chi connectivity index (χ0v) is 14.5. The van der Waals surface area contributed by atoms with E-state index in [0.29, 0.717) is 16.7 Å². The summed E-state index contributed by atoms with van der Waals surface area (Å²) in [6, 6.07) is 13.4. The van der Waals surface area contributed by atoms with Gasteiger partial charge >= 0.3 is 0 Å². The van der Waals surface area contributed by atoms with Crippen LogP contribution in [0, 0.1) is 17.0 Å². The van der Waals surface area contributed by atoms with Crippen LogP contribution in [-0.4, -0.2) is 15.9 Å². The van der Waals surface area contributed by atoms with Gasteiger partial charge in [-0.05, 0) is 31.9 Å². The molecule has 2 N–H and O–H groups in total. The van der Waals surface area contributed by atoms with Crippen molar-refractivity contribution >= 4 is 11.6 Å². The lowest BCUT2D eigenvalue weighted by Crippen LogP contribution is -2.34. The zero-order chi connectivity index (χ0) is 18.6. The maximum atomic E-state index is 12.3. The predicted molar refractivity (Wildman–Crippen MR) is 95.0 cm³/mol. The van der Waals surface area contributed by atoms with E-state index in [9.17, 15) is 20.0 Å². The average Bonchev–Trinajstić information content (AvgIpc) is 2.55. The molecule has 2 atom stereocenters. The third-order valence-corrected chi connectivity index (χ3v) is 4.21. The van der Waals surface area contributed by atoms with Gasteiger partial charge in [0.1, 0.15) is 0 Å². The molecule has 0 aromatic heterocycles. The van der Waals surface area contributed by atoms with E-state index < -0.39 is 16.6 Å². The molecule has 0 heterocycles. The highest BCUT2D eigenvalue weighted by molar-refractivity contribution is 5.77. The average molecular weight is 342 g/mol. The summed E-state index contributed by atoms with van der Waals surface area (Å²) in [6.07, 6.45) is -0.102. The molecule has 0 fully saturated rings. The fraction of sp³-hybridized carbons (Fsp3) is 0.316. The summed E-state index contributed by atoms with van der Waals surface area (Å²) in [5.74, 6) is -0.329. The molecule has 0 radical (unpaired) electrons. The van der Waals surface area contributed by atoms with E-state index in [1.807, 2.05) is 6.07 Å². The Hall–Kier alpha value is -2.73. The van der Waals surface area contributed by atoms with Crippen molar-refractivity contribution in [1.29, 1.82) is 0 Å². The van der Waals surface area contributed by atoms with Gasteiger partial charge in [-0.25, -0.2) is 0 Å². The van der Waals surface area contributed by atoms with Crippen molar-refractivity contribution in [2.45, 2.75) is 38.8 Å². The number of hydrogen-bond acceptors (Lipinski definition) is 4. The van der Waals surface area contributed by atoms with Crippen molar-refractivity contribution < 1.29 is 14.8 Å². The van der Waals surface area contributed by atoms with Crippen molar-refractivity contribution in [2.24, 2.45) is 0 Å². The maximum Gasteiger partial charge on any atom is 0.272 e. The summed E-state index contributed by atoms with van der Waals surface area (Å²) in [6.45, 7) is 5.01. The third kappa shape index (κ3) is 4.64. The molecule has 132 valence electrons. The van der Waals surface area contributed by atoms with Crippen LogP contribution in [0.15, 0.2) is 48.5 Å². The molecule has 0 saturated carbocycles. The van der Waals surface area contributed by atoms with E-state index in [-0.39, 0.29) is 18.0 Å². The van der Waals surface area contributed by atoms with Crippen LogP contribution in [0.3, 0.4) is 0 Å². The third-order valence-electron chi connectivity index (χ3n) is 4.21. The molecule has 25 heavy (non-hydrogen) atoms. The first-order valence-corrected chi connectivity index (χ1v) is 8.03. The summed E-state index contributed by atoms with van der Waals surface area (Å²) in [5, 5.41) is 24.4. The standard InChI is InChI=1S/C19H22N2O4/c1-13-9-10-15(11-17(13)21(24)25)14(2)20-18(22)12-19(3,23)16-7-5-4-6-8-16/h4-11,14,23H,12H2,1-3H3,(H,20,22). The summed E-state index contributed by atoms with van der Waals surface area (Å²) < 4.78 is 0. The number of amides is 1. The van der Waals surface area contributed by atoms with Crippen LogP contribution in [0.4, 0.5) is 5.69 Å². The second-order valence-electron chi connectivity index (χ2n) is 6.41. The maximum absolute atomic E-state index is 12.3. The van der Waals surface area contributed by atoms with E-state index in [1.54, 1.807) is 57.2 Å². The summed E-state index contributed by atoms with van der Waals surface area (Å²) in [4.78, 5) is 22.9. The number of nitrogens with one attached hydrogen (secondary N) is 1. The topological polar surface area (TPSA) is 92.5 Å². The summed E-state index contributed by atoms with van der Waals surface area (Å²) >= 11 is 0. The lowest BCUT2D eigenvalue weighted by Gasteiger charge is -2.24. The van der Waals surface area contributed by atoms with Crippen LogP contribution in [0.2, 0.25) is 0 Å². The van der Waals surface area contributed by atoms with Crippen LogP contribution in [0.5, 0.6) is 0 Å². The first kappa shape index (κ1) is 18.6. The molecule has 0 aliphatic rings. The first-order valence-electron chi connectivity index (χ1n) is 8.03. The molecular formula is C19H22N2O4. The van der Waals surface area contributed by atoms with Crippen molar-refractivity contribution in [1.82, 2.24) is 5.32 Å². The molecule has 2 aromatic rings. The Morgan fingerprint density at radius 3 is 2.52 bits per heavy atom. The highest BCUT2D eigenvalue weighted by Crippen LogP contribution is 2.26. The highest BCUT2D eigenvalue weighted by Gasteiger charge is 2.27. The van der Waals surface area contributed by atoms with Gasteiger partial charge < -0.3 is 10.4 Å². The van der Waals surface area contributed by atoms with Crippen molar-refractivity contribution in [2.75, 3.05) is 0 Å². The van der Waals surface area contributed by atoms with Gasteiger partial charge in [0.2, 0.25) is 5.91 Å². The fourth-order valence-electron chi connectivity index (χ4n) is 2.68. The number of carbonyl (C=O) groups is 1. The molecule has 0 bridgehead atoms. The molecule has 1 amide bonds. The monoisotopic (exact) mass is 342 g/mol. The minimum Gasteiger partial charge on any atom is -0.385 e. The van der Waals surface area contributed by atoms with Gasteiger partial charge in [-0.3, -0.25) is 14.9 Å². The summed E-state index contributed by atoms with van der Waals surface area (Å²) in [7, 11) is 0. The fourth-order valence-corrected chi connectivity index (χ4v) is 2.68. The number of carbonyl (C=O) groups excluding carboxylic acids is 1. The van der Waals surface area contributed by atoms with E-state index in [0.717, 1.165) is 0 Å². The minimum atomic E-state index is -1.29. The van der Waals surface area contributed by atoms with Crippen molar-refractivity contribution in [3.05, 3.63) is 75.3 Å². The number of nitro groups is 1. The lowest BCUT2D eigenvalue weighted by molar-refractivity contribution is -0.385. The van der Waals surface area contributed by atoms with E-state index in [2.05, 4.69) is 5.32 Å². The molecule has 0 saturated heterocycles. The van der Waals surface area contributed by atoms with Crippen LogP contribution in [0.1, 0.15) is 43.0 Å². The second-order valence-corrected chi connectivity index (χ2v) is 6.41. The number of aryl methyl sites for hydroxylation is 1. The molecule has 0 aliphatic heterocycles. The van der Waals surface area contributed by atoms with E-state index in [4.69, 9.17) is 0 Å². The van der Waals surface area contributed by atoms with Gasteiger partial charge in [-0.1, -0.05) is 42.5 Å². The molecule has 0 spiro atoms. The highest BCUT2D eigenvalue weighted by atomic mass is 16.6. The Bertz CT molecular complexity index is 772. The van der Waals surface area contributed by atoms with Gasteiger partial charge in [0.25, 0.3) is 5.69 Å². The first-order chi connectivity index (χ1) is 11.7. The molecule has 2 unspecified atom stereocenters. The Morgan fingerprint density at radius 2 is 1.92 bits per heavy atom. The Kier molecular flexibility index (Phi) is 5.54. The predicted octanol–water partition coefficient (Wildman–Crippen LogP) is 3.38. The molecule has 6 nitrogen and oxygen atoms in total. The molecule has 6 heteroatoms. The normalized spacial score (nSPS) is 14.4. The SMILES string of the molecule is Cc1ccc(C(C)NC(=O)CC(C)(O)c2ccccc2)cc1[N+](=O)[O-]. The number of nitrogens with zero attached hydrogens (tertiary/aromatic N) is 1. The van der Waals surface area contributed by atoms with Gasteiger partial charge in [0.15, 0.2) is 0 Å². The van der Waals surface area contributed by atoms with E-state index in [1.165, 1.54) is 6.07 Å². The molecule has 0 aliphatic carbocycles. The Balaban J connectivity index is 2.08. The zero-order valence-electron chi connectivity index (χ0n) is 14.5. The number of rotatable bonds is 6. The number of benzene rings is 2. The number of hydrogen-bond donors (Lipinski definition) is 2. The number of nitro benzene ring substituents is 1. The van der Waals surface area contributed by atoms with Crippen LogP contribution in [-0.2, 0) is 10.4 Å². The molecule has 2 aromatic carbocycles. The van der Waals surface area contributed by atoms with Crippen LogP contribution in [0.25, 0.3) is 0 Å². The van der Waals surface area contributed by atoms with Gasteiger partial charge in [-0.2, -0.15) is 0 Å². The molecular weight excluding hydrogens is 320 g/mol.